The fraction of sp³-hybridized carbons (Fsp3) is 0.667. The summed E-state index contributed by atoms with van der Waals surface area (Å²) in [7, 11) is 2.07. The first-order chi connectivity index (χ1) is 9.76. The van der Waals surface area contributed by atoms with Gasteiger partial charge in [0, 0.05) is 5.02 Å². The van der Waals surface area contributed by atoms with Crippen LogP contribution in [0.3, 0.4) is 0 Å². The van der Waals surface area contributed by atoms with Gasteiger partial charge in [-0.05, 0) is 81.0 Å². The van der Waals surface area contributed by atoms with Gasteiger partial charge >= 0.3 is 0 Å². The van der Waals surface area contributed by atoms with Crippen LogP contribution in [0, 0.1) is 23.7 Å². The summed E-state index contributed by atoms with van der Waals surface area (Å²) in [6.45, 7) is 1.11. The molecule has 1 nitrogen and oxygen atoms in total. The molecular formula is C18H26ClN. The van der Waals surface area contributed by atoms with Crippen molar-refractivity contribution in [3.05, 3.63) is 34.9 Å². The molecule has 0 saturated heterocycles. The highest BCUT2D eigenvalue weighted by Crippen LogP contribution is 2.50. The minimum Gasteiger partial charge on any atom is -0.319 e. The van der Waals surface area contributed by atoms with Crippen LogP contribution in [0.15, 0.2) is 24.3 Å². The number of hydrogen-bond donors (Lipinski definition) is 1. The van der Waals surface area contributed by atoms with Gasteiger partial charge in [0.25, 0.3) is 0 Å². The minimum absolute atomic E-state index is 0.726. The Labute approximate surface area is 128 Å². The zero-order valence-corrected chi connectivity index (χ0v) is 13.2. The van der Waals surface area contributed by atoms with Gasteiger partial charge in [-0.2, -0.15) is 0 Å². The van der Waals surface area contributed by atoms with Crippen LogP contribution in [0.2, 0.25) is 5.02 Å². The molecule has 20 heavy (non-hydrogen) atoms. The van der Waals surface area contributed by atoms with Gasteiger partial charge in [-0.3, -0.25) is 0 Å². The van der Waals surface area contributed by atoms with E-state index in [1.54, 1.807) is 0 Å². The SMILES string of the molecule is CNCC(Cc1ccccc1Cl)CC1CC2CCC1C2. The van der Waals surface area contributed by atoms with E-state index in [2.05, 4.69) is 24.5 Å². The van der Waals surface area contributed by atoms with Crippen LogP contribution >= 0.6 is 11.6 Å². The topological polar surface area (TPSA) is 12.0 Å². The van der Waals surface area contributed by atoms with Gasteiger partial charge in [0.1, 0.15) is 0 Å². The van der Waals surface area contributed by atoms with E-state index in [1.165, 1.54) is 37.7 Å². The molecule has 1 N–H and O–H groups in total. The Morgan fingerprint density at radius 3 is 2.75 bits per heavy atom. The summed E-state index contributed by atoms with van der Waals surface area (Å²) in [4.78, 5) is 0. The largest absolute Gasteiger partial charge is 0.319 e. The average Bonchev–Trinajstić information content (AvgIpc) is 3.04. The minimum atomic E-state index is 0.726. The third-order valence-corrected chi connectivity index (χ3v) is 5.85. The first kappa shape index (κ1) is 14.4. The number of nitrogens with one attached hydrogen (secondary N) is 1. The lowest BCUT2D eigenvalue weighted by atomic mass is 9.80. The van der Waals surface area contributed by atoms with Crippen molar-refractivity contribution >= 4 is 11.6 Å². The second kappa shape index (κ2) is 6.49. The van der Waals surface area contributed by atoms with Gasteiger partial charge in [0.05, 0.1) is 0 Å². The summed E-state index contributed by atoms with van der Waals surface area (Å²) in [5, 5.41) is 4.31. The molecule has 2 bridgehead atoms. The maximum atomic E-state index is 6.33. The number of hydrogen-bond acceptors (Lipinski definition) is 1. The summed E-state index contributed by atoms with van der Waals surface area (Å²) >= 11 is 6.33. The molecule has 3 rings (SSSR count). The second-order valence-corrected chi connectivity index (χ2v) is 7.30. The smallest absolute Gasteiger partial charge is 0.0438 e. The van der Waals surface area contributed by atoms with Gasteiger partial charge in [-0.1, -0.05) is 36.2 Å². The molecule has 4 unspecified atom stereocenters. The fourth-order valence-electron chi connectivity index (χ4n) is 4.60. The monoisotopic (exact) mass is 291 g/mol. The Morgan fingerprint density at radius 2 is 2.10 bits per heavy atom. The number of halogens is 1. The fourth-order valence-corrected chi connectivity index (χ4v) is 4.81. The quantitative estimate of drug-likeness (QED) is 0.811. The van der Waals surface area contributed by atoms with Crippen LogP contribution < -0.4 is 5.32 Å². The van der Waals surface area contributed by atoms with Crippen molar-refractivity contribution < 1.29 is 0 Å². The Morgan fingerprint density at radius 1 is 1.25 bits per heavy atom. The third kappa shape index (κ3) is 3.20. The number of benzene rings is 1. The summed E-state index contributed by atoms with van der Waals surface area (Å²) in [6, 6.07) is 8.33. The molecule has 0 aromatic heterocycles. The number of rotatable bonds is 6. The van der Waals surface area contributed by atoms with Gasteiger partial charge < -0.3 is 5.32 Å². The molecule has 2 aliphatic rings. The standard InChI is InChI=1S/C18H26ClN/c1-20-12-14(10-16-4-2-3-5-18(16)19)11-17-9-13-6-7-15(17)8-13/h2-5,13-15,17,20H,6-12H2,1H3. The van der Waals surface area contributed by atoms with Crippen molar-refractivity contribution in [2.24, 2.45) is 23.7 Å². The van der Waals surface area contributed by atoms with Crippen LogP contribution in [-0.4, -0.2) is 13.6 Å². The molecule has 0 amide bonds. The molecule has 110 valence electrons. The first-order valence-corrected chi connectivity index (χ1v) is 8.52. The number of fused-ring (bicyclic) bond motifs is 2. The van der Waals surface area contributed by atoms with E-state index in [1.807, 2.05) is 12.1 Å². The summed E-state index contributed by atoms with van der Waals surface area (Å²) in [6.07, 6.45) is 8.51. The lowest BCUT2D eigenvalue weighted by molar-refractivity contribution is 0.263. The second-order valence-electron chi connectivity index (χ2n) is 6.89. The first-order valence-electron chi connectivity index (χ1n) is 8.14. The molecule has 0 aliphatic heterocycles. The van der Waals surface area contributed by atoms with Crippen molar-refractivity contribution in [2.75, 3.05) is 13.6 Å². The molecule has 2 heteroatoms. The molecule has 0 spiro atoms. The summed E-state index contributed by atoms with van der Waals surface area (Å²) in [5.74, 6) is 3.80. The molecule has 2 saturated carbocycles. The molecule has 0 heterocycles. The van der Waals surface area contributed by atoms with Gasteiger partial charge in [-0.15, -0.1) is 0 Å². The Hall–Kier alpha value is -0.530. The van der Waals surface area contributed by atoms with Crippen LogP contribution in [0.25, 0.3) is 0 Å². The highest BCUT2D eigenvalue weighted by atomic mass is 35.5. The molecule has 0 radical (unpaired) electrons. The van der Waals surface area contributed by atoms with E-state index in [0.29, 0.717) is 0 Å². The van der Waals surface area contributed by atoms with E-state index < -0.39 is 0 Å². The Balaban J connectivity index is 1.62. The lowest BCUT2D eigenvalue weighted by Crippen LogP contribution is -2.25. The molecule has 1 aromatic rings. The third-order valence-electron chi connectivity index (χ3n) is 5.48. The predicted molar refractivity (Wildman–Crippen MR) is 86.1 cm³/mol. The van der Waals surface area contributed by atoms with E-state index in [9.17, 15) is 0 Å². The van der Waals surface area contributed by atoms with Gasteiger partial charge in [-0.25, -0.2) is 0 Å². The maximum Gasteiger partial charge on any atom is 0.0438 e. The van der Waals surface area contributed by atoms with Gasteiger partial charge in [0.15, 0.2) is 0 Å². The molecule has 2 aliphatic carbocycles. The predicted octanol–water partition coefficient (Wildman–Crippen LogP) is 4.54. The van der Waals surface area contributed by atoms with E-state index >= 15 is 0 Å². The van der Waals surface area contributed by atoms with Crippen molar-refractivity contribution in [3.63, 3.8) is 0 Å². The van der Waals surface area contributed by atoms with Gasteiger partial charge in [0.2, 0.25) is 0 Å². The van der Waals surface area contributed by atoms with Crippen molar-refractivity contribution in [2.45, 2.75) is 38.5 Å². The van der Waals surface area contributed by atoms with Crippen molar-refractivity contribution in [1.82, 2.24) is 5.32 Å². The lowest BCUT2D eigenvalue weighted by Gasteiger charge is -2.27. The maximum absolute atomic E-state index is 6.33. The van der Waals surface area contributed by atoms with Crippen LogP contribution in [0.1, 0.15) is 37.7 Å². The Kier molecular flexibility index (Phi) is 4.68. The van der Waals surface area contributed by atoms with Crippen LogP contribution in [0.4, 0.5) is 0 Å². The van der Waals surface area contributed by atoms with E-state index in [0.717, 1.165) is 41.7 Å². The van der Waals surface area contributed by atoms with E-state index in [4.69, 9.17) is 11.6 Å². The van der Waals surface area contributed by atoms with E-state index in [-0.39, 0.29) is 0 Å². The molecule has 4 atom stereocenters. The van der Waals surface area contributed by atoms with Crippen molar-refractivity contribution in [1.29, 1.82) is 0 Å². The summed E-state index contributed by atoms with van der Waals surface area (Å²) < 4.78 is 0. The summed E-state index contributed by atoms with van der Waals surface area (Å²) in [5.41, 5.74) is 1.32. The highest BCUT2D eigenvalue weighted by Gasteiger charge is 2.39. The average molecular weight is 292 g/mol. The zero-order chi connectivity index (χ0) is 13.9. The molecule has 1 aromatic carbocycles. The molecule has 2 fully saturated rings. The Bertz CT molecular complexity index is 445. The molecular weight excluding hydrogens is 266 g/mol. The van der Waals surface area contributed by atoms with Crippen LogP contribution in [-0.2, 0) is 6.42 Å². The normalized spacial score (nSPS) is 29.8. The van der Waals surface area contributed by atoms with Crippen molar-refractivity contribution in [3.8, 4) is 0 Å². The van der Waals surface area contributed by atoms with Crippen LogP contribution in [0.5, 0.6) is 0 Å². The zero-order valence-electron chi connectivity index (χ0n) is 12.4. The highest BCUT2D eigenvalue weighted by molar-refractivity contribution is 6.31.